The molecule has 2 aromatic rings. The highest BCUT2D eigenvalue weighted by Gasteiger charge is 2.10. The van der Waals surface area contributed by atoms with Gasteiger partial charge in [0.1, 0.15) is 11.3 Å². The highest BCUT2D eigenvalue weighted by molar-refractivity contribution is 6.36. The van der Waals surface area contributed by atoms with Gasteiger partial charge in [-0.3, -0.25) is 0 Å². The summed E-state index contributed by atoms with van der Waals surface area (Å²) in [6, 6.07) is 7.82. The Hall–Kier alpha value is -0.990. The largest absolute Gasteiger partial charge is 0.459 e. The number of nitrogens with one attached hydrogen (secondary N) is 1. The summed E-state index contributed by atoms with van der Waals surface area (Å²) >= 11 is 6.17. The summed E-state index contributed by atoms with van der Waals surface area (Å²) in [6.45, 7) is 0.875. The summed E-state index contributed by atoms with van der Waals surface area (Å²) < 4.78 is 5.63. The van der Waals surface area contributed by atoms with E-state index in [4.69, 9.17) is 16.0 Å². The van der Waals surface area contributed by atoms with E-state index in [-0.39, 0.29) is 0 Å². The number of furan rings is 1. The van der Waals surface area contributed by atoms with Crippen molar-refractivity contribution in [2.45, 2.75) is 6.42 Å². The van der Waals surface area contributed by atoms with Gasteiger partial charge < -0.3 is 9.73 Å². The van der Waals surface area contributed by atoms with Crippen LogP contribution in [0.2, 0.25) is 5.02 Å². The molecule has 0 aliphatic heterocycles. The highest BCUT2D eigenvalue weighted by atomic mass is 35.5. The minimum atomic E-state index is 0.746. The molecular formula is C11H12ClNO. The summed E-state index contributed by atoms with van der Waals surface area (Å²) in [6.07, 6.45) is 0.823. The van der Waals surface area contributed by atoms with Gasteiger partial charge >= 0.3 is 0 Å². The van der Waals surface area contributed by atoms with Gasteiger partial charge in [-0.25, -0.2) is 0 Å². The van der Waals surface area contributed by atoms with Crippen LogP contribution >= 0.6 is 11.6 Å². The Balaban J connectivity index is 2.41. The summed E-state index contributed by atoms with van der Waals surface area (Å²) in [5.41, 5.74) is 0.864. The van der Waals surface area contributed by atoms with Crippen LogP contribution in [-0.2, 0) is 6.42 Å². The van der Waals surface area contributed by atoms with E-state index in [0.717, 1.165) is 34.7 Å². The number of benzene rings is 1. The monoisotopic (exact) mass is 209 g/mol. The van der Waals surface area contributed by atoms with E-state index < -0.39 is 0 Å². The molecule has 0 saturated heterocycles. The zero-order chi connectivity index (χ0) is 9.97. The molecule has 0 spiro atoms. The number of para-hydroxylation sites is 1. The Morgan fingerprint density at radius 2 is 2.14 bits per heavy atom. The van der Waals surface area contributed by atoms with Crippen LogP contribution in [0.4, 0.5) is 0 Å². The highest BCUT2D eigenvalue weighted by Crippen LogP contribution is 2.30. The van der Waals surface area contributed by atoms with Crippen molar-refractivity contribution in [3.63, 3.8) is 0 Å². The first-order chi connectivity index (χ1) is 6.83. The topological polar surface area (TPSA) is 25.2 Å². The molecule has 1 heterocycles. The molecule has 0 atom stereocenters. The molecule has 0 aliphatic rings. The normalized spacial score (nSPS) is 11.0. The van der Waals surface area contributed by atoms with Gasteiger partial charge in [0.2, 0.25) is 0 Å². The number of likely N-dealkylation sites (N-methyl/N-ethyl adjacent to an activating group) is 1. The fourth-order valence-electron chi connectivity index (χ4n) is 1.46. The quantitative estimate of drug-likeness (QED) is 0.841. The van der Waals surface area contributed by atoms with E-state index in [1.54, 1.807) is 0 Å². The molecule has 1 aromatic carbocycles. The third-order valence-electron chi connectivity index (χ3n) is 2.20. The summed E-state index contributed by atoms with van der Waals surface area (Å²) in [5, 5.41) is 4.82. The third kappa shape index (κ3) is 1.63. The van der Waals surface area contributed by atoms with Crippen LogP contribution in [0.25, 0.3) is 11.0 Å². The van der Waals surface area contributed by atoms with E-state index in [1.165, 1.54) is 0 Å². The number of fused-ring (bicyclic) bond motifs is 1. The predicted octanol–water partition coefficient (Wildman–Crippen LogP) is 2.85. The lowest BCUT2D eigenvalue weighted by atomic mass is 10.2. The Bertz CT molecular complexity index is 436. The van der Waals surface area contributed by atoms with Crippen molar-refractivity contribution < 1.29 is 4.42 Å². The average Bonchev–Trinajstić information content (AvgIpc) is 2.54. The van der Waals surface area contributed by atoms with Gasteiger partial charge in [0.05, 0.1) is 5.02 Å². The first-order valence-corrected chi connectivity index (χ1v) is 5.01. The van der Waals surface area contributed by atoms with E-state index in [1.807, 2.05) is 31.3 Å². The van der Waals surface area contributed by atoms with Crippen molar-refractivity contribution in [2.75, 3.05) is 13.6 Å². The van der Waals surface area contributed by atoms with E-state index in [9.17, 15) is 0 Å². The second kappa shape index (κ2) is 4.03. The van der Waals surface area contributed by atoms with Gasteiger partial charge in [-0.1, -0.05) is 23.7 Å². The lowest BCUT2D eigenvalue weighted by molar-refractivity contribution is 0.541. The lowest BCUT2D eigenvalue weighted by Crippen LogP contribution is -2.09. The smallest absolute Gasteiger partial charge is 0.135 e. The summed E-state index contributed by atoms with van der Waals surface area (Å²) in [4.78, 5) is 0. The summed E-state index contributed by atoms with van der Waals surface area (Å²) in [7, 11) is 1.91. The van der Waals surface area contributed by atoms with Gasteiger partial charge in [-0.05, 0) is 19.2 Å². The number of halogens is 1. The number of rotatable bonds is 3. The first-order valence-electron chi connectivity index (χ1n) is 4.63. The molecule has 1 aromatic heterocycles. The third-order valence-corrected chi connectivity index (χ3v) is 2.62. The zero-order valence-corrected chi connectivity index (χ0v) is 8.77. The average molecular weight is 210 g/mol. The van der Waals surface area contributed by atoms with E-state index >= 15 is 0 Å². The van der Waals surface area contributed by atoms with Gasteiger partial charge in [-0.2, -0.15) is 0 Å². The van der Waals surface area contributed by atoms with Crippen LogP contribution in [0.1, 0.15) is 5.76 Å². The van der Waals surface area contributed by atoms with Crippen LogP contribution in [0.3, 0.4) is 0 Å². The molecule has 0 saturated carbocycles. The van der Waals surface area contributed by atoms with E-state index in [2.05, 4.69) is 5.32 Å². The van der Waals surface area contributed by atoms with Gasteiger partial charge in [0, 0.05) is 18.4 Å². The molecule has 0 aliphatic carbocycles. The van der Waals surface area contributed by atoms with Gasteiger partial charge in [-0.15, -0.1) is 0 Å². The molecule has 3 heteroatoms. The van der Waals surface area contributed by atoms with Crippen molar-refractivity contribution >= 4 is 22.6 Å². The molecule has 1 N–H and O–H groups in total. The maximum Gasteiger partial charge on any atom is 0.135 e. The van der Waals surface area contributed by atoms with Crippen molar-refractivity contribution in [3.05, 3.63) is 35.0 Å². The van der Waals surface area contributed by atoms with Crippen LogP contribution in [0, 0.1) is 0 Å². The Morgan fingerprint density at radius 1 is 1.36 bits per heavy atom. The SMILES string of the molecule is CNCCc1oc2ccccc2c1Cl. The zero-order valence-electron chi connectivity index (χ0n) is 8.01. The van der Waals surface area contributed by atoms with Gasteiger partial charge in [0.25, 0.3) is 0 Å². The molecule has 0 bridgehead atoms. The molecule has 74 valence electrons. The van der Waals surface area contributed by atoms with Crippen LogP contribution in [0.5, 0.6) is 0 Å². The summed E-state index contributed by atoms with van der Waals surface area (Å²) in [5.74, 6) is 0.863. The van der Waals surface area contributed by atoms with Crippen molar-refractivity contribution in [1.29, 1.82) is 0 Å². The fourth-order valence-corrected chi connectivity index (χ4v) is 1.75. The van der Waals surface area contributed by atoms with Crippen LogP contribution < -0.4 is 5.32 Å². The van der Waals surface area contributed by atoms with Crippen molar-refractivity contribution in [1.82, 2.24) is 5.32 Å². The second-order valence-corrected chi connectivity index (χ2v) is 3.57. The standard InChI is InChI=1S/C11H12ClNO/c1-13-7-6-10-11(12)8-4-2-3-5-9(8)14-10/h2-5,13H,6-7H2,1H3. The molecule has 0 fully saturated rings. The molecule has 0 amide bonds. The molecule has 2 nitrogen and oxygen atoms in total. The second-order valence-electron chi connectivity index (χ2n) is 3.19. The number of hydrogen-bond acceptors (Lipinski definition) is 2. The van der Waals surface area contributed by atoms with Crippen LogP contribution in [0.15, 0.2) is 28.7 Å². The molecule has 14 heavy (non-hydrogen) atoms. The minimum Gasteiger partial charge on any atom is -0.459 e. The maximum absolute atomic E-state index is 6.17. The first kappa shape index (κ1) is 9.56. The lowest BCUT2D eigenvalue weighted by Gasteiger charge is -1.95. The van der Waals surface area contributed by atoms with Crippen molar-refractivity contribution in [3.8, 4) is 0 Å². The van der Waals surface area contributed by atoms with Gasteiger partial charge in [0.15, 0.2) is 0 Å². The number of hydrogen-bond donors (Lipinski definition) is 1. The fraction of sp³-hybridized carbons (Fsp3) is 0.273. The van der Waals surface area contributed by atoms with Crippen molar-refractivity contribution in [2.24, 2.45) is 0 Å². The molecule has 0 radical (unpaired) electrons. The Kier molecular flexibility index (Phi) is 2.75. The maximum atomic E-state index is 6.17. The Labute approximate surface area is 87.9 Å². The molecule has 0 unspecified atom stereocenters. The minimum absolute atomic E-state index is 0.746. The predicted molar refractivity (Wildman–Crippen MR) is 58.9 cm³/mol. The van der Waals surface area contributed by atoms with Crippen LogP contribution in [-0.4, -0.2) is 13.6 Å². The molecule has 2 rings (SSSR count). The molecular weight excluding hydrogens is 198 g/mol. The van der Waals surface area contributed by atoms with E-state index in [0.29, 0.717) is 0 Å². The Morgan fingerprint density at radius 3 is 2.86 bits per heavy atom.